The summed E-state index contributed by atoms with van der Waals surface area (Å²) in [5.74, 6) is 0. The lowest BCUT2D eigenvalue weighted by Crippen LogP contribution is -2.38. The first-order valence-electron chi connectivity index (χ1n) is 6.53. The standard InChI is InChI=1S/C15H24NO/c1-16(2,3)10-11-17-15-9-8-13-6-4-5-7-14(13)12-15/h4-7,15H,8-12H2,1-3H3/q+1/t15-/m1/s1. The molecule has 1 aromatic carbocycles. The van der Waals surface area contributed by atoms with Gasteiger partial charge in [-0.25, -0.2) is 0 Å². The van der Waals surface area contributed by atoms with E-state index in [-0.39, 0.29) is 0 Å². The molecule has 1 aliphatic rings. The van der Waals surface area contributed by atoms with Crippen LogP contribution < -0.4 is 0 Å². The maximum absolute atomic E-state index is 6.00. The molecule has 0 unspecified atom stereocenters. The van der Waals surface area contributed by atoms with Crippen molar-refractivity contribution in [3.8, 4) is 0 Å². The van der Waals surface area contributed by atoms with Crippen LogP contribution in [0.2, 0.25) is 0 Å². The van der Waals surface area contributed by atoms with Crippen molar-refractivity contribution in [1.29, 1.82) is 0 Å². The molecule has 0 aliphatic heterocycles. The van der Waals surface area contributed by atoms with Gasteiger partial charge in [0.1, 0.15) is 6.54 Å². The molecule has 1 atom stereocenters. The van der Waals surface area contributed by atoms with E-state index in [1.54, 1.807) is 0 Å². The molecule has 94 valence electrons. The van der Waals surface area contributed by atoms with Crippen molar-refractivity contribution < 1.29 is 9.22 Å². The second kappa shape index (κ2) is 5.19. The molecule has 0 saturated carbocycles. The Kier molecular flexibility index (Phi) is 3.85. The van der Waals surface area contributed by atoms with Crippen LogP contribution in [0.15, 0.2) is 24.3 Å². The Bertz CT molecular complexity index is 367. The van der Waals surface area contributed by atoms with Crippen LogP contribution in [0, 0.1) is 0 Å². The minimum absolute atomic E-state index is 0.427. The molecule has 2 nitrogen and oxygen atoms in total. The summed E-state index contributed by atoms with van der Waals surface area (Å²) in [6.07, 6.45) is 3.86. The Hall–Kier alpha value is -0.860. The predicted octanol–water partition coefficient (Wildman–Crippen LogP) is 2.27. The van der Waals surface area contributed by atoms with Crippen LogP contribution in [0.1, 0.15) is 17.5 Å². The van der Waals surface area contributed by atoms with E-state index >= 15 is 0 Å². The first-order valence-corrected chi connectivity index (χ1v) is 6.53. The zero-order valence-electron chi connectivity index (χ0n) is 11.3. The van der Waals surface area contributed by atoms with Crippen LogP contribution in [-0.4, -0.2) is 44.9 Å². The number of likely N-dealkylation sites (N-methyl/N-ethyl adjacent to an activating group) is 1. The fraction of sp³-hybridized carbons (Fsp3) is 0.600. The number of hydrogen-bond acceptors (Lipinski definition) is 1. The van der Waals surface area contributed by atoms with Crippen molar-refractivity contribution in [2.24, 2.45) is 0 Å². The lowest BCUT2D eigenvalue weighted by atomic mass is 9.90. The quantitative estimate of drug-likeness (QED) is 0.726. The predicted molar refractivity (Wildman–Crippen MR) is 71.1 cm³/mol. The summed E-state index contributed by atoms with van der Waals surface area (Å²) in [5, 5.41) is 0. The molecule has 1 aromatic rings. The van der Waals surface area contributed by atoms with E-state index in [4.69, 9.17) is 4.74 Å². The van der Waals surface area contributed by atoms with Gasteiger partial charge in [-0.05, 0) is 30.4 Å². The minimum Gasteiger partial charge on any atom is -0.372 e. The number of nitrogens with zero attached hydrogens (tertiary/aromatic N) is 1. The third kappa shape index (κ3) is 3.83. The highest BCUT2D eigenvalue weighted by Gasteiger charge is 2.19. The smallest absolute Gasteiger partial charge is 0.102 e. The largest absolute Gasteiger partial charge is 0.372 e. The third-order valence-corrected chi connectivity index (χ3v) is 3.42. The highest BCUT2D eigenvalue weighted by molar-refractivity contribution is 5.29. The molecule has 0 saturated heterocycles. The molecular formula is C15H24NO+. The van der Waals surface area contributed by atoms with Crippen LogP contribution >= 0.6 is 0 Å². The molecule has 0 N–H and O–H groups in total. The molecule has 0 amide bonds. The Labute approximate surface area is 105 Å². The lowest BCUT2D eigenvalue weighted by molar-refractivity contribution is -0.870. The summed E-state index contributed by atoms with van der Waals surface area (Å²) in [6, 6.07) is 8.76. The van der Waals surface area contributed by atoms with Gasteiger partial charge in [-0.3, -0.25) is 0 Å². The maximum atomic E-state index is 6.00. The monoisotopic (exact) mass is 234 g/mol. The number of hydrogen-bond donors (Lipinski definition) is 0. The zero-order valence-corrected chi connectivity index (χ0v) is 11.3. The molecule has 17 heavy (non-hydrogen) atoms. The van der Waals surface area contributed by atoms with Crippen molar-refractivity contribution in [3.63, 3.8) is 0 Å². The summed E-state index contributed by atoms with van der Waals surface area (Å²) < 4.78 is 6.98. The summed E-state index contributed by atoms with van der Waals surface area (Å²) in [5.41, 5.74) is 2.99. The molecule has 0 heterocycles. The molecule has 0 fully saturated rings. The minimum atomic E-state index is 0.427. The maximum Gasteiger partial charge on any atom is 0.102 e. The van der Waals surface area contributed by atoms with Gasteiger partial charge < -0.3 is 9.22 Å². The molecular weight excluding hydrogens is 210 g/mol. The van der Waals surface area contributed by atoms with Crippen LogP contribution in [-0.2, 0) is 17.6 Å². The fourth-order valence-electron chi connectivity index (χ4n) is 2.30. The van der Waals surface area contributed by atoms with Gasteiger partial charge in [-0.2, -0.15) is 0 Å². The number of fused-ring (bicyclic) bond motifs is 1. The molecule has 2 heteroatoms. The lowest BCUT2D eigenvalue weighted by Gasteiger charge is -2.28. The van der Waals surface area contributed by atoms with Crippen molar-refractivity contribution in [2.75, 3.05) is 34.3 Å². The average Bonchev–Trinajstić information content (AvgIpc) is 2.27. The highest BCUT2D eigenvalue weighted by atomic mass is 16.5. The Morgan fingerprint density at radius 2 is 1.88 bits per heavy atom. The van der Waals surface area contributed by atoms with Gasteiger partial charge in [-0.15, -0.1) is 0 Å². The zero-order chi connectivity index (χ0) is 12.3. The van der Waals surface area contributed by atoms with Crippen LogP contribution in [0.4, 0.5) is 0 Å². The third-order valence-electron chi connectivity index (χ3n) is 3.42. The average molecular weight is 234 g/mol. The summed E-state index contributed by atoms with van der Waals surface area (Å²) >= 11 is 0. The Morgan fingerprint density at radius 1 is 1.18 bits per heavy atom. The number of aryl methyl sites for hydroxylation is 1. The van der Waals surface area contributed by atoms with Gasteiger partial charge in [0, 0.05) is 0 Å². The number of benzene rings is 1. The summed E-state index contributed by atoms with van der Waals surface area (Å²) in [6.45, 7) is 1.95. The first kappa shape index (κ1) is 12.6. The molecule has 0 bridgehead atoms. The Balaban J connectivity index is 1.82. The van der Waals surface area contributed by atoms with Gasteiger partial charge in [0.05, 0.1) is 33.9 Å². The van der Waals surface area contributed by atoms with Gasteiger partial charge in [0.25, 0.3) is 0 Å². The van der Waals surface area contributed by atoms with Crippen LogP contribution in [0.5, 0.6) is 0 Å². The van der Waals surface area contributed by atoms with Crippen molar-refractivity contribution >= 4 is 0 Å². The fourth-order valence-corrected chi connectivity index (χ4v) is 2.30. The SMILES string of the molecule is C[N+](C)(C)CCO[C@@H]1CCc2ccccc2C1. The van der Waals surface area contributed by atoms with Crippen LogP contribution in [0.25, 0.3) is 0 Å². The van der Waals surface area contributed by atoms with E-state index in [2.05, 4.69) is 45.4 Å². The molecule has 0 radical (unpaired) electrons. The second-order valence-corrected chi connectivity index (χ2v) is 6.02. The van der Waals surface area contributed by atoms with E-state index in [0.717, 1.165) is 24.1 Å². The first-order chi connectivity index (χ1) is 8.04. The van der Waals surface area contributed by atoms with Gasteiger partial charge in [0.15, 0.2) is 0 Å². The Morgan fingerprint density at radius 3 is 2.59 bits per heavy atom. The van der Waals surface area contributed by atoms with E-state index in [0.29, 0.717) is 6.10 Å². The highest BCUT2D eigenvalue weighted by Crippen LogP contribution is 2.22. The normalized spacial score (nSPS) is 20.1. The molecule has 1 aliphatic carbocycles. The van der Waals surface area contributed by atoms with E-state index in [1.807, 2.05) is 0 Å². The summed E-state index contributed by atoms with van der Waals surface area (Å²) in [7, 11) is 6.62. The van der Waals surface area contributed by atoms with E-state index in [1.165, 1.54) is 24.0 Å². The van der Waals surface area contributed by atoms with E-state index in [9.17, 15) is 0 Å². The van der Waals surface area contributed by atoms with Gasteiger partial charge in [0.2, 0.25) is 0 Å². The molecule has 2 rings (SSSR count). The van der Waals surface area contributed by atoms with Crippen molar-refractivity contribution in [2.45, 2.75) is 25.4 Å². The van der Waals surface area contributed by atoms with Crippen molar-refractivity contribution in [3.05, 3.63) is 35.4 Å². The second-order valence-electron chi connectivity index (χ2n) is 6.02. The number of ether oxygens (including phenoxy) is 1. The van der Waals surface area contributed by atoms with Gasteiger partial charge >= 0.3 is 0 Å². The molecule has 0 spiro atoms. The molecule has 0 aromatic heterocycles. The topological polar surface area (TPSA) is 9.23 Å². The number of quaternary nitrogens is 1. The van der Waals surface area contributed by atoms with E-state index < -0.39 is 0 Å². The van der Waals surface area contributed by atoms with Crippen molar-refractivity contribution in [1.82, 2.24) is 0 Å². The number of rotatable bonds is 4. The summed E-state index contributed by atoms with van der Waals surface area (Å²) in [4.78, 5) is 0. The van der Waals surface area contributed by atoms with Crippen LogP contribution in [0.3, 0.4) is 0 Å². The van der Waals surface area contributed by atoms with Gasteiger partial charge in [-0.1, -0.05) is 24.3 Å².